The van der Waals surface area contributed by atoms with Crippen molar-refractivity contribution in [3.8, 4) is 0 Å². The molecule has 1 amide bonds. The molecule has 4 nitrogen and oxygen atoms in total. The van der Waals surface area contributed by atoms with Gasteiger partial charge in [0, 0.05) is 16.4 Å². The van der Waals surface area contributed by atoms with Gasteiger partial charge in [-0.05, 0) is 48.9 Å². The molecule has 126 valence electrons. The van der Waals surface area contributed by atoms with Crippen molar-refractivity contribution in [1.29, 1.82) is 0 Å². The Morgan fingerprint density at radius 3 is 2.40 bits per heavy atom. The standard InChI is InChI=1S/C20H17BrN2O2/c1-14-4-10-17(11-5-14)22-19(24)18-3-2-12-23(20(18)25)13-15-6-8-16(21)9-7-15/h2-12H,13H2,1H3,(H,22,24). The van der Waals surface area contributed by atoms with E-state index >= 15 is 0 Å². The number of benzene rings is 2. The van der Waals surface area contributed by atoms with Crippen LogP contribution in [0, 0.1) is 6.92 Å². The Morgan fingerprint density at radius 2 is 1.72 bits per heavy atom. The smallest absolute Gasteiger partial charge is 0.263 e. The number of aromatic nitrogens is 1. The van der Waals surface area contributed by atoms with Gasteiger partial charge in [0.25, 0.3) is 11.5 Å². The van der Waals surface area contributed by atoms with Crippen molar-refractivity contribution in [3.05, 3.63) is 98.4 Å². The molecule has 3 aromatic rings. The molecule has 1 N–H and O–H groups in total. The first-order valence-electron chi connectivity index (χ1n) is 7.85. The maximum absolute atomic E-state index is 12.6. The first kappa shape index (κ1) is 17.2. The monoisotopic (exact) mass is 396 g/mol. The van der Waals surface area contributed by atoms with E-state index in [2.05, 4.69) is 21.2 Å². The summed E-state index contributed by atoms with van der Waals surface area (Å²) < 4.78 is 2.52. The molecule has 0 bridgehead atoms. The molecule has 0 aliphatic carbocycles. The maximum Gasteiger partial charge on any atom is 0.263 e. The Hall–Kier alpha value is -2.66. The molecule has 3 rings (SSSR count). The summed E-state index contributed by atoms with van der Waals surface area (Å²) in [6.07, 6.45) is 1.69. The summed E-state index contributed by atoms with van der Waals surface area (Å²) in [5.74, 6) is -0.404. The van der Waals surface area contributed by atoms with Crippen molar-refractivity contribution in [2.45, 2.75) is 13.5 Å². The molecule has 0 unspecified atom stereocenters. The van der Waals surface area contributed by atoms with Crippen LogP contribution in [0.5, 0.6) is 0 Å². The maximum atomic E-state index is 12.6. The quantitative estimate of drug-likeness (QED) is 0.717. The Labute approximate surface area is 154 Å². The second-order valence-electron chi connectivity index (χ2n) is 5.80. The van der Waals surface area contributed by atoms with Crippen LogP contribution >= 0.6 is 15.9 Å². The van der Waals surface area contributed by atoms with Crippen LogP contribution in [-0.2, 0) is 6.54 Å². The van der Waals surface area contributed by atoms with E-state index in [4.69, 9.17) is 0 Å². The molecule has 0 radical (unpaired) electrons. The van der Waals surface area contributed by atoms with Crippen molar-refractivity contribution < 1.29 is 4.79 Å². The van der Waals surface area contributed by atoms with E-state index in [9.17, 15) is 9.59 Å². The number of nitrogens with one attached hydrogen (secondary N) is 1. The van der Waals surface area contributed by atoms with Gasteiger partial charge < -0.3 is 9.88 Å². The van der Waals surface area contributed by atoms with Crippen molar-refractivity contribution in [2.24, 2.45) is 0 Å². The number of carbonyl (C=O) groups is 1. The number of pyridine rings is 1. The largest absolute Gasteiger partial charge is 0.322 e. The summed E-state index contributed by atoms with van der Waals surface area (Å²) in [5.41, 5.74) is 2.57. The number of amides is 1. The molecule has 1 heterocycles. The van der Waals surface area contributed by atoms with Gasteiger partial charge in [-0.1, -0.05) is 45.8 Å². The van der Waals surface area contributed by atoms with E-state index in [1.54, 1.807) is 18.3 Å². The van der Waals surface area contributed by atoms with Gasteiger partial charge in [0.15, 0.2) is 0 Å². The Morgan fingerprint density at radius 1 is 1.04 bits per heavy atom. The molecule has 0 aliphatic heterocycles. The third kappa shape index (κ3) is 4.25. The van der Waals surface area contributed by atoms with Crippen LogP contribution in [0.1, 0.15) is 21.5 Å². The summed E-state index contributed by atoms with van der Waals surface area (Å²) in [4.78, 5) is 25.1. The Bertz CT molecular complexity index is 945. The van der Waals surface area contributed by atoms with Gasteiger partial charge >= 0.3 is 0 Å². The number of aryl methyl sites for hydroxylation is 1. The number of carbonyl (C=O) groups excluding carboxylic acids is 1. The second kappa shape index (κ2) is 7.49. The number of halogens is 1. The van der Waals surface area contributed by atoms with Crippen LogP contribution in [0.2, 0.25) is 0 Å². The lowest BCUT2D eigenvalue weighted by Crippen LogP contribution is -2.29. The average Bonchev–Trinajstić information content (AvgIpc) is 2.60. The van der Waals surface area contributed by atoms with E-state index in [0.717, 1.165) is 15.6 Å². The third-order valence-electron chi connectivity index (χ3n) is 3.84. The highest BCUT2D eigenvalue weighted by atomic mass is 79.9. The zero-order chi connectivity index (χ0) is 17.8. The average molecular weight is 397 g/mol. The number of rotatable bonds is 4. The van der Waals surface area contributed by atoms with E-state index in [0.29, 0.717) is 12.2 Å². The molecule has 0 spiro atoms. The zero-order valence-electron chi connectivity index (χ0n) is 13.7. The normalized spacial score (nSPS) is 10.5. The fourth-order valence-corrected chi connectivity index (χ4v) is 2.72. The van der Waals surface area contributed by atoms with Crippen LogP contribution in [0.15, 0.2) is 76.1 Å². The lowest BCUT2D eigenvalue weighted by molar-refractivity contribution is 0.102. The summed E-state index contributed by atoms with van der Waals surface area (Å²) in [6.45, 7) is 2.39. The highest BCUT2D eigenvalue weighted by Gasteiger charge is 2.12. The highest BCUT2D eigenvalue weighted by Crippen LogP contribution is 2.12. The first-order valence-corrected chi connectivity index (χ1v) is 8.64. The van der Waals surface area contributed by atoms with Gasteiger partial charge in [0.05, 0.1) is 6.54 Å². The lowest BCUT2D eigenvalue weighted by atomic mass is 10.2. The minimum absolute atomic E-state index is 0.125. The molecule has 2 aromatic carbocycles. The van der Waals surface area contributed by atoms with Crippen LogP contribution in [0.25, 0.3) is 0 Å². The Kier molecular flexibility index (Phi) is 5.14. The molecule has 0 saturated heterocycles. The molecule has 0 fully saturated rings. The van der Waals surface area contributed by atoms with Crippen molar-refractivity contribution >= 4 is 27.5 Å². The molecular weight excluding hydrogens is 380 g/mol. The molecular formula is C20H17BrN2O2. The molecule has 0 aliphatic rings. The van der Waals surface area contributed by atoms with Crippen molar-refractivity contribution in [1.82, 2.24) is 4.57 Å². The van der Waals surface area contributed by atoms with Gasteiger partial charge in [-0.15, -0.1) is 0 Å². The predicted molar refractivity (Wildman–Crippen MR) is 103 cm³/mol. The van der Waals surface area contributed by atoms with Crippen LogP contribution in [0.3, 0.4) is 0 Å². The van der Waals surface area contributed by atoms with Crippen molar-refractivity contribution in [3.63, 3.8) is 0 Å². The first-order chi connectivity index (χ1) is 12.0. The fourth-order valence-electron chi connectivity index (χ4n) is 2.46. The minimum atomic E-state index is -0.404. The van der Waals surface area contributed by atoms with E-state index < -0.39 is 5.91 Å². The highest BCUT2D eigenvalue weighted by molar-refractivity contribution is 9.10. The molecule has 0 atom stereocenters. The zero-order valence-corrected chi connectivity index (χ0v) is 15.3. The summed E-state index contributed by atoms with van der Waals surface area (Å²) >= 11 is 3.39. The second-order valence-corrected chi connectivity index (χ2v) is 6.72. The third-order valence-corrected chi connectivity index (χ3v) is 4.37. The molecule has 25 heavy (non-hydrogen) atoms. The SMILES string of the molecule is Cc1ccc(NC(=O)c2cccn(Cc3ccc(Br)cc3)c2=O)cc1. The van der Waals surface area contributed by atoms with Gasteiger partial charge in [-0.25, -0.2) is 0 Å². The van der Waals surface area contributed by atoms with Crippen molar-refractivity contribution in [2.75, 3.05) is 5.32 Å². The number of hydrogen-bond acceptors (Lipinski definition) is 2. The summed E-state index contributed by atoms with van der Waals surface area (Å²) in [5, 5.41) is 2.77. The van der Waals surface area contributed by atoms with Gasteiger partial charge in [0.2, 0.25) is 0 Å². The van der Waals surface area contributed by atoms with Crippen LogP contribution in [0.4, 0.5) is 5.69 Å². The Balaban J connectivity index is 1.82. The molecule has 1 aromatic heterocycles. The van der Waals surface area contributed by atoms with E-state index in [1.807, 2.05) is 55.5 Å². The van der Waals surface area contributed by atoms with Gasteiger partial charge in [-0.2, -0.15) is 0 Å². The number of nitrogens with zero attached hydrogens (tertiary/aromatic N) is 1. The molecule has 0 saturated carbocycles. The fraction of sp³-hybridized carbons (Fsp3) is 0.100. The number of hydrogen-bond donors (Lipinski definition) is 1. The number of anilines is 1. The van der Waals surface area contributed by atoms with Gasteiger partial charge in [0.1, 0.15) is 5.56 Å². The predicted octanol–water partition coefficient (Wildman–Crippen LogP) is 4.22. The minimum Gasteiger partial charge on any atom is -0.322 e. The van der Waals surface area contributed by atoms with E-state index in [-0.39, 0.29) is 11.1 Å². The summed E-state index contributed by atoms with van der Waals surface area (Å²) in [6, 6.07) is 18.4. The summed E-state index contributed by atoms with van der Waals surface area (Å²) in [7, 11) is 0. The topological polar surface area (TPSA) is 51.1 Å². The van der Waals surface area contributed by atoms with Gasteiger partial charge in [-0.3, -0.25) is 9.59 Å². The van der Waals surface area contributed by atoms with Crippen LogP contribution < -0.4 is 10.9 Å². The van der Waals surface area contributed by atoms with Crippen LogP contribution in [-0.4, -0.2) is 10.5 Å². The molecule has 5 heteroatoms. The lowest BCUT2D eigenvalue weighted by Gasteiger charge is -2.09. The van der Waals surface area contributed by atoms with E-state index in [1.165, 1.54) is 4.57 Å².